The first kappa shape index (κ1) is 12.0. The van der Waals surface area contributed by atoms with Gasteiger partial charge in [0.15, 0.2) is 5.76 Å². The van der Waals surface area contributed by atoms with Crippen LogP contribution in [0.1, 0.15) is 28.8 Å². The van der Waals surface area contributed by atoms with Crippen LogP contribution in [-0.4, -0.2) is 5.78 Å². The third-order valence-electron chi connectivity index (χ3n) is 2.43. The van der Waals surface area contributed by atoms with E-state index < -0.39 is 5.82 Å². The van der Waals surface area contributed by atoms with Gasteiger partial charge in [0.2, 0.25) is 5.78 Å². The van der Waals surface area contributed by atoms with Crippen LogP contribution in [0.2, 0.25) is 0 Å². The van der Waals surface area contributed by atoms with E-state index in [0.717, 1.165) is 12.2 Å². The number of hydrogen-bond donors (Lipinski definition) is 0. The van der Waals surface area contributed by atoms with E-state index in [1.165, 1.54) is 12.1 Å². The molecule has 0 aliphatic rings. The molecule has 0 fully saturated rings. The number of carbonyl (C=O) groups excluding carboxylic acids is 1. The molecule has 0 bridgehead atoms. The standard InChI is InChI=1S/C13H10BrFO2/c1-2-8-6-7-11(17-8)13(16)9-4-3-5-10(15)12(9)14/h3-7H,2H2,1H3. The Morgan fingerprint density at radius 2 is 2.12 bits per heavy atom. The Hall–Kier alpha value is -1.42. The summed E-state index contributed by atoms with van der Waals surface area (Å²) in [4.78, 5) is 12.1. The van der Waals surface area contributed by atoms with E-state index in [2.05, 4.69) is 15.9 Å². The summed E-state index contributed by atoms with van der Waals surface area (Å²) >= 11 is 3.06. The summed E-state index contributed by atoms with van der Waals surface area (Å²) in [6.45, 7) is 1.94. The van der Waals surface area contributed by atoms with E-state index in [9.17, 15) is 9.18 Å². The molecule has 0 aliphatic carbocycles. The van der Waals surface area contributed by atoms with Crippen molar-refractivity contribution in [3.05, 3.63) is 57.7 Å². The minimum atomic E-state index is -0.460. The molecule has 0 radical (unpaired) electrons. The average molecular weight is 297 g/mol. The maximum atomic E-state index is 13.3. The number of halogens is 2. The van der Waals surface area contributed by atoms with Gasteiger partial charge < -0.3 is 4.42 Å². The summed E-state index contributed by atoms with van der Waals surface area (Å²) in [5, 5.41) is 0. The maximum absolute atomic E-state index is 13.3. The molecule has 0 saturated carbocycles. The van der Waals surface area contributed by atoms with Crippen LogP contribution in [0.3, 0.4) is 0 Å². The van der Waals surface area contributed by atoms with Crippen LogP contribution in [0.5, 0.6) is 0 Å². The Balaban J connectivity index is 2.40. The van der Waals surface area contributed by atoms with Gasteiger partial charge in [0.1, 0.15) is 11.6 Å². The zero-order valence-corrected chi connectivity index (χ0v) is 10.8. The number of aryl methyl sites for hydroxylation is 1. The van der Waals surface area contributed by atoms with E-state index in [4.69, 9.17) is 4.42 Å². The van der Waals surface area contributed by atoms with Gasteiger partial charge in [0.25, 0.3) is 0 Å². The summed E-state index contributed by atoms with van der Waals surface area (Å²) in [5.41, 5.74) is 0.266. The molecular formula is C13H10BrFO2. The highest BCUT2D eigenvalue weighted by Crippen LogP contribution is 2.23. The van der Waals surface area contributed by atoms with Crippen molar-refractivity contribution in [2.75, 3.05) is 0 Å². The zero-order chi connectivity index (χ0) is 12.4. The van der Waals surface area contributed by atoms with Crippen LogP contribution in [0.25, 0.3) is 0 Å². The number of rotatable bonds is 3. The van der Waals surface area contributed by atoms with Gasteiger partial charge in [-0.25, -0.2) is 4.39 Å². The zero-order valence-electron chi connectivity index (χ0n) is 9.17. The average Bonchev–Trinajstić information content (AvgIpc) is 2.80. The summed E-state index contributed by atoms with van der Waals surface area (Å²) in [6, 6.07) is 7.71. The number of hydrogen-bond acceptors (Lipinski definition) is 2. The number of furan rings is 1. The van der Waals surface area contributed by atoms with E-state index in [-0.39, 0.29) is 21.6 Å². The van der Waals surface area contributed by atoms with E-state index in [0.29, 0.717) is 0 Å². The molecular weight excluding hydrogens is 287 g/mol. The van der Waals surface area contributed by atoms with E-state index in [1.54, 1.807) is 18.2 Å². The first-order chi connectivity index (χ1) is 8.13. The Labute approximate surface area is 107 Å². The van der Waals surface area contributed by atoms with Crippen molar-refractivity contribution in [1.82, 2.24) is 0 Å². The summed E-state index contributed by atoms with van der Waals surface area (Å²) in [7, 11) is 0. The maximum Gasteiger partial charge on any atom is 0.229 e. The van der Waals surface area contributed by atoms with E-state index >= 15 is 0 Å². The molecule has 2 nitrogen and oxygen atoms in total. The number of carbonyl (C=O) groups is 1. The normalized spacial score (nSPS) is 10.5. The summed E-state index contributed by atoms with van der Waals surface area (Å²) in [5.74, 6) is 0.184. The Bertz CT molecular complexity index is 560. The predicted molar refractivity (Wildman–Crippen MR) is 65.6 cm³/mol. The smallest absolute Gasteiger partial charge is 0.229 e. The lowest BCUT2D eigenvalue weighted by molar-refractivity contribution is 0.101. The fourth-order valence-corrected chi connectivity index (χ4v) is 1.95. The molecule has 1 aromatic heterocycles. The van der Waals surface area contributed by atoms with Crippen molar-refractivity contribution in [3.8, 4) is 0 Å². The van der Waals surface area contributed by atoms with E-state index in [1.807, 2.05) is 6.92 Å². The Morgan fingerprint density at radius 1 is 1.35 bits per heavy atom. The molecule has 1 aromatic carbocycles. The second-order valence-electron chi connectivity index (χ2n) is 3.55. The first-order valence-electron chi connectivity index (χ1n) is 5.21. The molecule has 1 heterocycles. The molecule has 0 saturated heterocycles. The molecule has 0 amide bonds. The molecule has 0 unspecified atom stereocenters. The lowest BCUT2D eigenvalue weighted by atomic mass is 10.1. The van der Waals surface area contributed by atoms with Crippen LogP contribution >= 0.6 is 15.9 Å². The lowest BCUT2D eigenvalue weighted by Crippen LogP contribution is -2.01. The van der Waals surface area contributed by atoms with Crippen molar-refractivity contribution in [2.24, 2.45) is 0 Å². The van der Waals surface area contributed by atoms with Crippen molar-refractivity contribution in [1.29, 1.82) is 0 Å². The highest BCUT2D eigenvalue weighted by molar-refractivity contribution is 9.10. The van der Waals surface area contributed by atoms with Crippen molar-refractivity contribution in [3.63, 3.8) is 0 Å². The van der Waals surface area contributed by atoms with Crippen LogP contribution in [0.4, 0.5) is 4.39 Å². The van der Waals surface area contributed by atoms with Crippen molar-refractivity contribution < 1.29 is 13.6 Å². The molecule has 0 atom stereocenters. The molecule has 0 N–H and O–H groups in total. The van der Waals surface area contributed by atoms with Crippen LogP contribution < -0.4 is 0 Å². The van der Waals surface area contributed by atoms with Gasteiger partial charge in [0.05, 0.1) is 4.47 Å². The quantitative estimate of drug-likeness (QED) is 0.802. The second kappa shape index (κ2) is 4.84. The van der Waals surface area contributed by atoms with Crippen LogP contribution in [0.15, 0.2) is 39.2 Å². The van der Waals surface area contributed by atoms with Gasteiger partial charge in [0, 0.05) is 12.0 Å². The number of benzene rings is 1. The van der Waals surface area contributed by atoms with Crippen LogP contribution in [-0.2, 0) is 6.42 Å². The van der Waals surface area contributed by atoms with Crippen molar-refractivity contribution in [2.45, 2.75) is 13.3 Å². The second-order valence-corrected chi connectivity index (χ2v) is 4.34. The third-order valence-corrected chi connectivity index (χ3v) is 3.24. The summed E-state index contributed by atoms with van der Waals surface area (Å²) < 4.78 is 18.8. The molecule has 2 aromatic rings. The molecule has 0 aliphatic heterocycles. The monoisotopic (exact) mass is 296 g/mol. The van der Waals surface area contributed by atoms with Gasteiger partial charge in [-0.1, -0.05) is 13.0 Å². The first-order valence-corrected chi connectivity index (χ1v) is 6.00. The minimum Gasteiger partial charge on any atom is -0.458 e. The van der Waals surface area contributed by atoms with Crippen LogP contribution in [0, 0.1) is 5.82 Å². The SMILES string of the molecule is CCc1ccc(C(=O)c2cccc(F)c2Br)o1. The van der Waals surface area contributed by atoms with Gasteiger partial charge in [-0.05, 0) is 40.2 Å². The summed E-state index contributed by atoms with van der Waals surface area (Å²) in [6.07, 6.45) is 0.720. The molecule has 0 spiro atoms. The highest BCUT2D eigenvalue weighted by Gasteiger charge is 2.17. The predicted octanol–water partition coefficient (Wildman–Crippen LogP) is 3.97. The lowest BCUT2D eigenvalue weighted by Gasteiger charge is -2.02. The van der Waals surface area contributed by atoms with Gasteiger partial charge in [-0.15, -0.1) is 0 Å². The minimum absolute atomic E-state index is 0.166. The van der Waals surface area contributed by atoms with Gasteiger partial charge >= 0.3 is 0 Å². The third kappa shape index (κ3) is 2.31. The molecule has 88 valence electrons. The Morgan fingerprint density at radius 3 is 2.76 bits per heavy atom. The molecule has 4 heteroatoms. The fraction of sp³-hybridized carbons (Fsp3) is 0.154. The largest absolute Gasteiger partial charge is 0.458 e. The van der Waals surface area contributed by atoms with Gasteiger partial charge in [-0.2, -0.15) is 0 Å². The fourth-order valence-electron chi connectivity index (χ4n) is 1.50. The number of ketones is 1. The Kier molecular flexibility index (Phi) is 3.43. The molecule has 2 rings (SSSR count). The topological polar surface area (TPSA) is 30.2 Å². The van der Waals surface area contributed by atoms with Gasteiger partial charge in [-0.3, -0.25) is 4.79 Å². The van der Waals surface area contributed by atoms with Crippen molar-refractivity contribution >= 4 is 21.7 Å². The molecule has 17 heavy (non-hydrogen) atoms. The highest BCUT2D eigenvalue weighted by atomic mass is 79.9.